The number of benzene rings is 4. The number of primary amides is 3. The van der Waals surface area contributed by atoms with Gasteiger partial charge in [-0.25, -0.2) is 9.59 Å². The van der Waals surface area contributed by atoms with Crippen LogP contribution in [0, 0.1) is 0 Å². The minimum Gasteiger partial charge on any atom is -0.496 e. The van der Waals surface area contributed by atoms with Crippen LogP contribution in [0.25, 0.3) is 0 Å². The Morgan fingerprint density at radius 1 is 0.404 bits per heavy atom. The molecule has 0 heterocycles. The Morgan fingerprint density at radius 3 is 1.00 bits per heavy atom. The number of amides is 8. The van der Waals surface area contributed by atoms with Gasteiger partial charge in [0.05, 0.1) is 74.9 Å². The SMILES string of the molecule is COc1ccc(CC(=O)[C@@H](CCCN=C(N)N)NC(=O)c2cc(CC(=O)[C@@H](CCCN=C(N)N)NC(=O)c3cc(CC(=O)[C@@H](CCCNC(N)=O)NC(=O)c4cc(CC(=O)[C@H](N)CCCNC(N)=O)ccc4OC)ccc3OC)ccc2OC)cc1C(N)=O. The molecule has 0 fully saturated rings. The lowest BCUT2D eigenvalue weighted by Crippen LogP contribution is -2.43. The lowest BCUT2D eigenvalue weighted by atomic mass is 9.96. The van der Waals surface area contributed by atoms with Crippen LogP contribution in [-0.2, 0) is 44.9 Å². The number of aliphatic imine (C=N–C) groups is 2. The molecule has 0 saturated heterocycles. The first-order chi connectivity index (χ1) is 42.4. The number of Topliss-reactive ketones (excluding diaryl/α,β-unsaturated/α-hetero) is 4. The molecule has 4 aromatic carbocycles. The van der Waals surface area contributed by atoms with E-state index in [1.807, 2.05) is 0 Å². The monoisotopic (exact) mass is 1240 g/mol. The summed E-state index contributed by atoms with van der Waals surface area (Å²) in [6.07, 6.45) is 0.479. The van der Waals surface area contributed by atoms with E-state index in [1.165, 1.54) is 77.0 Å². The number of ketones is 4. The number of carbonyl (C=O) groups is 10. The Balaban J connectivity index is 1.60. The summed E-state index contributed by atoms with van der Waals surface area (Å²) in [5.74, 6) is -4.58. The first-order valence-corrected chi connectivity index (χ1v) is 28.3. The van der Waals surface area contributed by atoms with Crippen molar-refractivity contribution in [3.8, 4) is 23.0 Å². The molecule has 0 aliphatic carbocycles. The number of urea groups is 2. The molecule has 0 aliphatic rings. The van der Waals surface area contributed by atoms with Gasteiger partial charge in [0.1, 0.15) is 23.0 Å². The van der Waals surface area contributed by atoms with Crippen molar-refractivity contribution in [3.05, 3.63) is 117 Å². The summed E-state index contributed by atoms with van der Waals surface area (Å²) in [7, 11) is 5.37. The van der Waals surface area contributed by atoms with Crippen LogP contribution in [0.5, 0.6) is 23.0 Å². The molecule has 0 spiro atoms. The van der Waals surface area contributed by atoms with Crippen molar-refractivity contribution >= 4 is 70.7 Å². The third-order valence-corrected chi connectivity index (χ3v) is 13.9. The quantitative estimate of drug-likeness (QED) is 0.0159. The van der Waals surface area contributed by atoms with Crippen LogP contribution in [0.15, 0.2) is 82.8 Å². The molecule has 29 nitrogen and oxygen atoms in total. The number of ether oxygens (including phenoxy) is 4. The van der Waals surface area contributed by atoms with Crippen LogP contribution in [0.4, 0.5) is 9.59 Å². The highest BCUT2D eigenvalue weighted by Crippen LogP contribution is 2.26. The van der Waals surface area contributed by atoms with E-state index in [-0.39, 0.29) is 160 Å². The highest BCUT2D eigenvalue weighted by Gasteiger charge is 2.29. The lowest BCUT2D eigenvalue weighted by Gasteiger charge is -2.21. The lowest BCUT2D eigenvalue weighted by molar-refractivity contribution is -0.121. The van der Waals surface area contributed by atoms with E-state index in [4.69, 9.17) is 64.8 Å². The van der Waals surface area contributed by atoms with Crippen molar-refractivity contribution in [2.24, 2.45) is 55.9 Å². The molecule has 4 rings (SSSR count). The van der Waals surface area contributed by atoms with Gasteiger partial charge in [0.25, 0.3) is 23.6 Å². The highest BCUT2D eigenvalue weighted by atomic mass is 16.5. The topological polar surface area (TPSA) is 501 Å². The predicted octanol–water partition coefficient (Wildman–Crippen LogP) is -0.00640. The summed E-state index contributed by atoms with van der Waals surface area (Å²) in [6, 6.07) is 12.1. The summed E-state index contributed by atoms with van der Waals surface area (Å²) in [4.78, 5) is 141. The summed E-state index contributed by atoms with van der Waals surface area (Å²) >= 11 is 0. The van der Waals surface area contributed by atoms with Crippen molar-refractivity contribution in [1.29, 1.82) is 0 Å². The summed E-state index contributed by atoms with van der Waals surface area (Å²) in [5, 5.41) is 13.2. The molecule has 4 aromatic rings. The average molecular weight is 1240 g/mol. The number of nitrogens with two attached hydrogens (primary N) is 8. The van der Waals surface area contributed by atoms with E-state index in [0.717, 1.165) is 0 Å². The summed E-state index contributed by atoms with van der Waals surface area (Å²) < 4.78 is 21.8. The number of hydrogen-bond donors (Lipinski definition) is 13. The van der Waals surface area contributed by atoms with Crippen LogP contribution in [0.3, 0.4) is 0 Å². The van der Waals surface area contributed by atoms with Gasteiger partial charge < -0.3 is 91.4 Å². The number of nitrogens with one attached hydrogen (secondary N) is 5. The molecule has 21 N–H and O–H groups in total. The van der Waals surface area contributed by atoms with Crippen molar-refractivity contribution < 1.29 is 66.9 Å². The van der Waals surface area contributed by atoms with E-state index in [0.29, 0.717) is 28.7 Å². The molecule has 0 unspecified atom stereocenters. The predicted molar refractivity (Wildman–Crippen MR) is 331 cm³/mol. The van der Waals surface area contributed by atoms with Crippen LogP contribution in [-0.4, -0.2) is 150 Å². The highest BCUT2D eigenvalue weighted by molar-refractivity contribution is 6.04. The average Bonchev–Trinajstić information content (AvgIpc) is 2.33. The summed E-state index contributed by atoms with van der Waals surface area (Å²) in [6.45, 7) is 0.522. The molecule has 0 aromatic heterocycles. The Hall–Kier alpha value is -10.3. The van der Waals surface area contributed by atoms with Gasteiger partial charge in [0, 0.05) is 51.9 Å². The first-order valence-electron chi connectivity index (χ1n) is 28.3. The second-order valence-corrected chi connectivity index (χ2v) is 20.5. The number of nitrogens with zero attached hydrogens (tertiary/aromatic N) is 2. The van der Waals surface area contributed by atoms with Crippen molar-refractivity contribution in [2.75, 3.05) is 54.6 Å². The molecular weight excluding hydrogens is 1150 g/mol. The zero-order valence-corrected chi connectivity index (χ0v) is 50.3. The van der Waals surface area contributed by atoms with E-state index in [1.54, 1.807) is 24.3 Å². The molecule has 4 atom stereocenters. The fourth-order valence-corrected chi connectivity index (χ4v) is 9.36. The number of carbonyl (C=O) groups excluding carboxylic acids is 10. The molecule has 0 aliphatic heterocycles. The maximum absolute atomic E-state index is 14.4. The van der Waals surface area contributed by atoms with E-state index < -0.39 is 77.2 Å². The van der Waals surface area contributed by atoms with Gasteiger partial charge in [-0.2, -0.15) is 0 Å². The largest absolute Gasteiger partial charge is 0.496 e. The first kappa shape index (κ1) is 71.2. The maximum Gasteiger partial charge on any atom is 0.312 e. The van der Waals surface area contributed by atoms with Crippen molar-refractivity contribution in [2.45, 2.75) is 101 Å². The Morgan fingerprint density at radius 2 is 0.697 bits per heavy atom. The van der Waals surface area contributed by atoms with Gasteiger partial charge in [-0.3, -0.25) is 48.3 Å². The van der Waals surface area contributed by atoms with E-state index in [2.05, 4.69) is 36.6 Å². The second-order valence-electron chi connectivity index (χ2n) is 20.5. The molecule has 0 saturated carbocycles. The zero-order chi connectivity index (χ0) is 65.7. The Bertz CT molecular complexity index is 3260. The van der Waals surface area contributed by atoms with Gasteiger partial charge in [-0.1, -0.05) is 24.3 Å². The molecule has 8 amide bonds. The number of rotatable bonds is 39. The van der Waals surface area contributed by atoms with Gasteiger partial charge in [0.15, 0.2) is 35.1 Å². The second kappa shape index (κ2) is 36.0. The molecular formula is C60H81N15O14. The number of methoxy groups -OCH3 is 4. The molecule has 29 heteroatoms. The number of guanidine groups is 2. The minimum absolute atomic E-state index is 0.00450. The van der Waals surface area contributed by atoms with Gasteiger partial charge in [-0.05, 0) is 122 Å². The number of hydrogen-bond acceptors (Lipinski definition) is 17. The zero-order valence-electron chi connectivity index (χ0n) is 50.3. The minimum atomic E-state index is -1.19. The van der Waals surface area contributed by atoms with E-state index in [9.17, 15) is 47.9 Å². The molecule has 0 radical (unpaired) electrons. The third kappa shape index (κ3) is 23.5. The molecule has 89 heavy (non-hydrogen) atoms. The van der Waals surface area contributed by atoms with Crippen molar-refractivity contribution in [3.63, 3.8) is 0 Å². The van der Waals surface area contributed by atoms with Crippen LogP contribution >= 0.6 is 0 Å². The standard InChI is InChI=1S/C60H81N15O14/c1-86-49-17-13-33(25-37(49)53(62)80)30-46(77)42(10-6-21-69-57(63)64)73-55(82)39-27-35(15-19-51(39)88-3)31-47(78)43(11-7-22-70-58(65)66)74-56(83)40-28-36(16-20-52(40)89-4)32-48(79)44(12-8-24-72-60(68)85)75-54(81)38-26-34(14-18-50(38)87-2)29-45(76)41(61)9-5-23-71-59(67)84/h13-20,25-28,41-44H,5-12,21-24,29-32,61H2,1-4H3,(H2,62,80)(H,73,82)(H,74,83)(H,75,81)(H4,63,64,69)(H4,65,66,70)(H3,67,71,84)(H3,68,72,85)/t41-,42-,43-,44-/m1/s1. The molecule has 480 valence electrons. The normalized spacial score (nSPS) is 12.1. The van der Waals surface area contributed by atoms with Crippen molar-refractivity contribution in [1.82, 2.24) is 26.6 Å². The van der Waals surface area contributed by atoms with Crippen LogP contribution < -0.4 is 91.4 Å². The smallest absolute Gasteiger partial charge is 0.312 e. The molecule has 0 bridgehead atoms. The Kier molecular flexibility index (Phi) is 28.8. The van der Waals surface area contributed by atoms with Crippen LogP contribution in [0.2, 0.25) is 0 Å². The Labute approximate surface area is 514 Å². The van der Waals surface area contributed by atoms with Gasteiger partial charge in [0.2, 0.25) is 0 Å². The van der Waals surface area contributed by atoms with Crippen LogP contribution in [0.1, 0.15) is 115 Å². The van der Waals surface area contributed by atoms with Gasteiger partial charge >= 0.3 is 12.1 Å². The fraction of sp³-hybridized carbons (Fsp3) is 0.400. The van der Waals surface area contributed by atoms with E-state index >= 15 is 0 Å². The summed E-state index contributed by atoms with van der Waals surface area (Å²) in [5.41, 5.74) is 45.7. The third-order valence-electron chi connectivity index (χ3n) is 13.9. The fourth-order valence-electron chi connectivity index (χ4n) is 9.36. The van der Waals surface area contributed by atoms with Gasteiger partial charge in [-0.15, -0.1) is 0 Å². The maximum atomic E-state index is 14.4.